The Morgan fingerprint density at radius 1 is 1.00 bits per heavy atom. The van der Waals surface area contributed by atoms with Crippen molar-refractivity contribution in [3.8, 4) is 11.5 Å². The summed E-state index contributed by atoms with van der Waals surface area (Å²) in [6, 6.07) is 3.44. The first-order valence-corrected chi connectivity index (χ1v) is 19.8. The molecule has 288 valence electrons. The molecule has 3 amide bonds. The summed E-state index contributed by atoms with van der Waals surface area (Å²) < 4.78 is 26.7. The van der Waals surface area contributed by atoms with Crippen molar-refractivity contribution in [3.63, 3.8) is 0 Å². The summed E-state index contributed by atoms with van der Waals surface area (Å²) in [7, 11) is 0. The average molecular weight is 733 g/mol. The quantitative estimate of drug-likeness (QED) is 0.265. The molecule has 4 saturated heterocycles. The zero-order chi connectivity index (χ0) is 37.8. The first-order chi connectivity index (χ1) is 25.1. The van der Waals surface area contributed by atoms with E-state index >= 15 is 0 Å². The Balaban J connectivity index is 1.02. The number of rotatable bonds is 9. The van der Waals surface area contributed by atoms with E-state index in [9.17, 15) is 18.8 Å². The van der Waals surface area contributed by atoms with Gasteiger partial charge >= 0.3 is 6.09 Å². The lowest BCUT2D eigenvalue weighted by molar-refractivity contribution is -0.151. The number of likely N-dealkylation sites (tertiary alicyclic amines) is 1. The van der Waals surface area contributed by atoms with Gasteiger partial charge in [0.2, 0.25) is 5.91 Å². The SMILES string of the molecule is CC(C)N(C(=O)c1cc(F)ccc1Oc1cncnc1N1CC2(CCN(C(=O)[C@H]3[C@@H]4CC[C@@H]([C@@H](CC5CC5)C4)N3C(=O)OC(C)(C)C)CC2)C1)C(C)C. The number of piperidine rings is 3. The second-order valence-corrected chi connectivity index (χ2v) is 17.9. The summed E-state index contributed by atoms with van der Waals surface area (Å²) in [6.45, 7) is 16.2. The Morgan fingerprint density at radius 3 is 2.34 bits per heavy atom. The number of carbonyl (C=O) groups excluding carboxylic acids is 3. The number of amides is 3. The first kappa shape index (κ1) is 37.4. The Kier molecular flexibility index (Phi) is 10.1. The monoisotopic (exact) mass is 732 g/mol. The highest BCUT2D eigenvalue weighted by molar-refractivity contribution is 5.97. The standard InChI is InChI=1S/C41H57FN6O5/c1-25(2)47(26(3)4)37(49)31-20-30(42)11-13-33(31)52-34-21-43-24-44-36(34)46-22-41(23-46)14-16-45(17-15-41)38(50)35-28-10-12-32(29(19-28)18-27-8-9-27)48(35)39(51)53-40(5,6)7/h11,13,20-21,24-29,32,35H,8-10,12,14-19,22-23H2,1-7H3/t28-,29+,32+,35-/m1/s1. The first-order valence-electron chi connectivity index (χ1n) is 19.8. The van der Waals surface area contributed by atoms with Gasteiger partial charge in [0.1, 0.15) is 29.5 Å². The number of fused-ring (bicyclic) bond motifs is 3. The number of hydrogen-bond donors (Lipinski definition) is 0. The highest BCUT2D eigenvalue weighted by Crippen LogP contribution is 2.50. The van der Waals surface area contributed by atoms with Crippen molar-refractivity contribution >= 4 is 23.7 Å². The third kappa shape index (κ3) is 7.69. The van der Waals surface area contributed by atoms with Crippen molar-refractivity contribution in [2.75, 3.05) is 31.1 Å². The third-order valence-corrected chi connectivity index (χ3v) is 12.2. The van der Waals surface area contributed by atoms with Gasteiger partial charge in [0, 0.05) is 49.7 Å². The number of aromatic nitrogens is 2. The van der Waals surface area contributed by atoms with Crippen LogP contribution in [-0.2, 0) is 9.53 Å². The van der Waals surface area contributed by atoms with Crippen molar-refractivity contribution in [1.29, 1.82) is 0 Å². The second kappa shape index (κ2) is 14.4. The molecule has 1 aromatic carbocycles. The molecule has 4 aliphatic heterocycles. The van der Waals surface area contributed by atoms with E-state index in [0.717, 1.165) is 57.5 Å². The lowest BCUT2D eigenvalue weighted by Crippen LogP contribution is -2.67. The summed E-state index contributed by atoms with van der Waals surface area (Å²) in [5.74, 6) is 1.90. The van der Waals surface area contributed by atoms with Crippen molar-refractivity contribution in [2.24, 2.45) is 23.2 Å². The molecule has 5 heterocycles. The van der Waals surface area contributed by atoms with E-state index in [4.69, 9.17) is 9.47 Å². The van der Waals surface area contributed by atoms with Gasteiger partial charge in [0.25, 0.3) is 5.91 Å². The maximum Gasteiger partial charge on any atom is 0.411 e. The predicted octanol–water partition coefficient (Wildman–Crippen LogP) is 7.30. The van der Waals surface area contributed by atoms with Gasteiger partial charge in [-0.25, -0.2) is 19.2 Å². The van der Waals surface area contributed by atoms with Gasteiger partial charge in [0.15, 0.2) is 11.6 Å². The van der Waals surface area contributed by atoms with Gasteiger partial charge in [-0.2, -0.15) is 0 Å². The van der Waals surface area contributed by atoms with E-state index < -0.39 is 17.5 Å². The lowest BCUT2D eigenvalue weighted by atomic mass is 9.66. The number of carbonyl (C=O) groups is 3. The van der Waals surface area contributed by atoms with Crippen LogP contribution in [0.15, 0.2) is 30.7 Å². The zero-order valence-electron chi connectivity index (χ0n) is 32.5. The Labute approximate surface area is 313 Å². The minimum absolute atomic E-state index is 0.0246. The van der Waals surface area contributed by atoms with E-state index in [1.165, 1.54) is 37.4 Å². The molecule has 53 heavy (non-hydrogen) atoms. The fraction of sp³-hybridized carbons (Fsp3) is 0.683. The highest BCUT2D eigenvalue weighted by Gasteiger charge is 2.55. The summed E-state index contributed by atoms with van der Waals surface area (Å²) in [5, 5.41) is 0. The molecule has 4 atom stereocenters. The number of anilines is 1. The van der Waals surface area contributed by atoms with Crippen LogP contribution in [0.3, 0.4) is 0 Å². The van der Waals surface area contributed by atoms with Crippen LogP contribution in [0, 0.1) is 29.0 Å². The van der Waals surface area contributed by atoms with Crippen LogP contribution in [0.1, 0.15) is 110 Å². The largest absolute Gasteiger partial charge is 0.451 e. The summed E-state index contributed by atoms with van der Waals surface area (Å²) in [6.07, 6.45) is 11.1. The maximum atomic E-state index is 14.5. The van der Waals surface area contributed by atoms with Gasteiger partial charge in [-0.15, -0.1) is 0 Å². The Morgan fingerprint density at radius 2 is 1.70 bits per heavy atom. The van der Waals surface area contributed by atoms with Gasteiger partial charge in [0.05, 0.1) is 11.8 Å². The van der Waals surface area contributed by atoms with Crippen LogP contribution in [0.25, 0.3) is 0 Å². The molecule has 2 aromatic rings. The minimum atomic E-state index is -0.628. The molecule has 11 nitrogen and oxygen atoms in total. The number of nitrogens with zero attached hydrogens (tertiary/aromatic N) is 6. The summed E-state index contributed by atoms with van der Waals surface area (Å²) >= 11 is 0. The van der Waals surface area contributed by atoms with Crippen molar-refractivity contribution in [3.05, 3.63) is 42.1 Å². The van der Waals surface area contributed by atoms with Crippen LogP contribution in [-0.4, -0.2) is 98.5 Å². The van der Waals surface area contributed by atoms with Crippen molar-refractivity contribution in [2.45, 2.75) is 130 Å². The molecule has 1 aromatic heterocycles. The van der Waals surface area contributed by atoms with Crippen LogP contribution < -0.4 is 9.64 Å². The third-order valence-electron chi connectivity index (χ3n) is 12.2. The smallest absolute Gasteiger partial charge is 0.411 e. The molecule has 2 saturated carbocycles. The molecule has 0 N–H and O–H groups in total. The number of halogens is 1. The molecular weight excluding hydrogens is 675 g/mol. The van der Waals surface area contributed by atoms with Crippen molar-refractivity contribution < 1.29 is 28.2 Å². The Hall–Kier alpha value is -3.96. The number of ether oxygens (including phenoxy) is 2. The van der Waals surface area contributed by atoms with Gasteiger partial charge in [-0.1, -0.05) is 12.8 Å². The lowest BCUT2D eigenvalue weighted by Gasteiger charge is -2.57. The summed E-state index contributed by atoms with van der Waals surface area (Å²) in [4.78, 5) is 58.3. The van der Waals surface area contributed by atoms with Crippen LogP contribution >= 0.6 is 0 Å². The maximum absolute atomic E-state index is 14.5. The van der Waals surface area contributed by atoms with E-state index in [1.54, 1.807) is 11.1 Å². The Bertz CT molecular complexity index is 1680. The van der Waals surface area contributed by atoms with E-state index in [1.807, 2.05) is 58.3 Å². The average Bonchev–Trinajstić information content (AvgIpc) is 3.91. The molecule has 2 aliphatic carbocycles. The molecule has 12 heteroatoms. The molecule has 2 bridgehead atoms. The second-order valence-electron chi connectivity index (χ2n) is 17.9. The van der Waals surface area contributed by atoms with Gasteiger partial charge < -0.3 is 24.2 Å². The topological polar surface area (TPSA) is 108 Å². The highest BCUT2D eigenvalue weighted by atomic mass is 19.1. The predicted molar refractivity (Wildman–Crippen MR) is 199 cm³/mol. The zero-order valence-corrected chi connectivity index (χ0v) is 32.5. The van der Waals surface area contributed by atoms with Crippen molar-refractivity contribution in [1.82, 2.24) is 24.7 Å². The molecule has 0 radical (unpaired) electrons. The minimum Gasteiger partial charge on any atom is -0.451 e. The number of hydrogen-bond acceptors (Lipinski definition) is 8. The molecule has 8 rings (SSSR count). The molecule has 1 spiro atoms. The molecular formula is C41H57FN6O5. The van der Waals surface area contributed by atoms with E-state index in [2.05, 4.69) is 14.9 Å². The van der Waals surface area contributed by atoms with Crippen LogP contribution in [0.5, 0.6) is 11.5 Å². The van der Waals surface area contributed by atoms with E-state index in [0.29, 0.717) is 30.6 Å². The number of benzene rings is 1. The molecule has 6 fully saturated rings. The molecule has 0 unspecified atom stereocenters. The normalized spacial score (nSPS) is 25.1. The fourth-order valence-corrected chi connectivity index (χ4v) is 9.61. The fourth-order valence-electron chi connectivity index (χ4n) is 9.61. The van der Waals surface area contributed by atoms with E-state index in [-0.39, 0.29) is 58.7 Å². The van der Waals surface area contributed by atoms with Crippen LogP contribution in [0.4, 0.5) is 15.0 Å². The van der Waals surface area contributed by atoms with Gasteiger partial charge in [-0.05, 0) is 123 Å². The summed E-state index contributed by atoms with van der Waals surface area (Å²) in [5.41, 5.74) is -0.456. The van der Waals surface area contributed by atoms with Gasteiger partial charge in [-0.3, -0.25) is 14.5 Å². The molecule has 6 aliphatic rings. The van der Waals surface area contributed by atoms with Crippen LogP contribution in [0.2, 0.25) is 0 Å².